The molecule has 0 aliphatic carbocycles. The summed E-state index contributed by atoms with van der Waals surface area (Å²) in [5, 5.41) is 3.13. The van der Waals surface area contributed by atoms with Crippen LogP contribution in [0.3, 0.4) is 0 Å². The molecule has 0 saturated carbocycles. The number of hydrogen-bond acceptors (Lipinski definition) is 3. The second-order valence-electron chi connectivity index (χ2n) is 7.13. The highest BCUT2D eigenvalue weighted by atomic mass is 16.2. The summed E-state index contributed by atoms with van der Waals surface area (Å²) in [7, 11) is 0. The largest absolute Gasteiger partial charge is 0.312 e. The third kappa shape index (κ3) is 5.65. The molecule has 5 heteroatoms. The summed E-state index contributed by atoms with van der Waals surface area (Å²) < 4.78 is 0. The second-order valence-corrected chi connectivity index (χ2v) is 7.13. The molecule has 1 atom stereocenters. The highest BCUT2D eigenvalue weighted by Crippen LogP contribution is 2.29. The van der Waals surface area contributed by atoms with Crippen LogP contribution in [-0.4, -0.2) is 41.6 Å². The Morgan fingerprint density at radius 3 is 2.10 bits per heavy atom. The monoisotopic (exact) mass is 297 g/mol. The van der Waals surface area contributed by atoms with Crippen molar-refractivity contribution in [2.24, 2.45) is 11.3 Å². The lowest BCUT2D eigenvalue weighted by Gasteiger charge is -2.36. The summed E-state index contributed by atoms with van der Waals surface area (Å²) in [4.78, 5) is 27.7. The van der Waals surface area contributed by atoms with Crippen LogP contribution in [0.2, 0.25) is 0 Å². The Kier molecular flexibility index (Phi) is 6.65. The molecule has 1 heterocycles. The maximum absolute atomic E-state index is 12.3. The first-order chi connectivity index (χ1) is 9.75. The van der Waals surface area contributed by atoms with Gasteiger partial charge in [-0.05, 0) is 24.2 Å². The smallest absolute Gasteiger partial charge is 0.225 e. The third-order valence-electron chi connectivity index (χ3n) is 4.39. The number of carbonyl (C=O) groups is 2. The summed E-state index contributed by atoms with van der Waals surface area (Å²) in [6.45, 7) is 12.3. The zero-order chi connectivity index (χ0) is 16.0. The predicted octanol–water partition coefficient (Wildman–Crippen LogP) is 2.38. The fraction of sp³-hybridized carbons (Fsp3) is 0.875. The standard InChI is InChI=1S/C16H31N3O2/c1-6-7-14(20)18-10-17-11-19(12-18)15(21)9-8-13(2)16(3,4)5/h13,17H,6-12H2,1-5H3. The van der Waals surface area contributed by atoms with Gasteiger partial charge in [0, 0.05) is 12.8 Å². The lowest BCUT2D eigenvalue weighted by Crippen LogP contribution is -2.56. The van der Waals surface area contributed by atoms with Crippen molar-refractivity contribution in [3.8, 4) is 0 Å². The number of nitrogens with zero attached hydrogens (tertiary/aromatic N) is 2. The van der Waals surface area contributed by atoms with Crippen molar-refractivity contribution in [3.05, 3.63) is 0 Å². The van der Waals surface area contributed by atoms with Crippen LogP contribution in [0, 0.1) is 11.3 Å². The quantitative estimate of drug-likeness (QED) is 0.847. The van der Waals surface area contributed by atoms with E-state index in [0.29, 0.717) is 38.8 Å². The Hall–Kier alpha value is -1.10. The molecule has 21 heavy (non-hydrogen) atoms. The molecule has 2 amide bonds. The van der Waals surface area contributed by atoms with Crippen LogP contribution in [0.4, 0.5) is 0 Å². The van der Waals surface area contributed by atoms with Crippen LogP contribution >= 0.6 is 0 Å². The second kappa shape index (κ2) is 7.78. The van der Waals surface area contributed by atoms with Gasteiger partial charge >= 0.3 is 0 Å². The van der Waals surface area contributed by atoms with Gasteiger partial charge in [-0.15, -0.1) is 0 Å². The van der Waals surface area contributed by atoms with Crippen LogP contribution in [0.25, 0.3) is 0 Å². The van der Waals surface area contributed by atoms with E-state index in [1.165, 1.54) is 0 Å². The molecule has 1 fully saturated rings. The van der Waals surface area contributed by atoms with E-state index < -0.39 is 0 Å². The van der Waals surface area contributed by atoms with E-state index >= 15 is 0 Å². The van der Waals surface area contributed by atoms with Gasteiger partial charge in [0.2, 0.25) is 11.8 Å². The van der Waals surface area contributed by atoms with Crippen molar-refractivity contribution in [2.45, 2.75) is 60.3 Å². The van der Waals surface area contributed by atoms with Gasteiger partial charge in [0.1, 0.15) is 0 Å². The van der Waals surface area contributed by atoms with Crippen molar-refractivity contribution >= 4 is 11.8 Å². The van der Waals surface area contributed by atoms with E-state index in [-0.39, 0.29) is 17.2 Å². The molecule has 0 spiro atoms. The molecule has 0 aromatic carbocycles. The Bertz CT molecular complexity index is 363. The summed E-state index contributed by atoms with van der Waals surface area (Å²) >= 11 is 0. The average Bonchev–Trinajstić information content (AvgIpc) is 2.43. The van der Waals surface area contributed by atoms with Gasteiger partial charge in [0.15, 0.2) is 0 Å². The predicted molar refractivity (Wildman–Crippen MR) is 84.2 cm³/mol. The van der Waals surface area contributed by atoms with Gasteiger partial charge in [0.25, 0.3) is 0 Å². The Morgan fingerprint density at radius 1 is 1.10 bits per heavy atom. The van der Waals surface area contributed by atoms with E-state index in [1.54, 1.807) is 9.80 Å². The molecular weight excluding hydrogens is 266 g/mol. The number of carbonyl (C=O) groups excluding carboxylic acids is 2. The van der Waals surface area contributed by atoms with Gasteiger partial charge in [-0.2, -0.15) is 0 Å². The molecule has 122 valence electrons. The minimum Gasteiger partial charge on any atom is -0.312 e. The molecule has 1 unspecified atom stereocenters. The summed E-state index contributed by atoms with van der Waals surface area (Å²) in [6, 6.07) is 0. The number of amides is 2. The average molecular weight is 297 g/mol. The minimum absolute atomic E-state index is 0.116. The molecule has 1 rings (SSSR count). The molecule has 0 aromatic rings. The fourth-order valence-electron chi connectivity index (χ4n) is 2.26. The highest BCUT2D eigenvalue weighted by molar-refractivity contribution is 5.79. The van der Waals surface area contributed by atoms with Crippen molar-refractivity contribution in [1.82, 2.24) is 15.1 Å². The van der Waals surface area contributed by atoms with E-state index in [0.717, 1.165) is 12.8 Å². The SMILES string of the molecule is CCCC(=O)N1CNCN(C(=O)CCC(C)C(C)(C)C)C1. The molecule has 0 radical (unpaired) electrons. The van der Waals surface area contributed by atoms with Crippen molar-refractivity contribution in [3.63, 3.8) is 0 Å². The zero-order valence-electron chi connectivity index (χ0n) is 14.2. The van der Waals surface area contributed by atoms with Crippen molar-refractivity contribution in [1.29, 1.82) is 0 Å². The first-order valence-corrected chi connectivity index (χ1v) is 8.02. The minimum atomic E-state index is 0.116. The van der Waals surface area contributed by atoms with Crippen molar-refractivity contribution < 1.29 is 9.59 Å². The first-order valence-electron chi connectivity index (χ1n) is 8.02. The molecular formula is C16H31N3O2. The van der Waals surface area contributed by atoms with E-state index in [1.807, 2.05) is 6.92 Å². The maximum Gasteiger partial charge on any atom is 0.225 e. The van der Waals surface area contributed by atoms with Gasteiger partial charge in [-0.1, -0.05) is 34.6 Å². The van der Waals surface area contributed by atoms with Crippen LogP contribution in [0.5, 0.6) is 0 Å². The Labute approximate surface area is 129 Å². The molecule has 1 aliphatic rings. The van der Waals surface area contributed by atoms with Crippen LogP contribution in [-0.2, 0) is 9.59 Å². The van der Waals surface area contributed by atoms with E-state index in [9.17, 15) is 9.59 Å². The van der Waals surface area contributed by atoms with E-state index in [2.05, 4.69) is 33.0 Å². The zero-order valence-corrected chi connectivity index (χ0v) is 14.2. The third-order valence-corrected chi connectivity index (χ3v) is 4.39. The van der Waals surface area contributed by atoms with Crippen molar-refractivity contribution in [2.75, 3.05) is 20.0 Å². The highest BCUT2D eigenvalue weighted by Gasteiger charge is 2.26. The molecule has 1 aliphatic heterocycles. The van der Waals surface area contributed by atoms with Gasteiger partial charge in [-0.25, -0.2) is 0 Å². The Balaban J connectivity index is 2.45. The molecule has 0 aromatic heterocycles. The van der Waals surface area contributed by atoms with Crippen LogP contribution in [0.15, 0.2) is 0 Å². The van der Waals surface area contributed by atoms with Gasteiger partial charge in [-0.3, -0.25) is 14.9 Å². The first kappa shape index (κ1) is 18.0. The molecule has 1 saturated heterocycles. The summed E-state index contributed by atoms with van der Waals surface area (Å²) in [5.74, 6) is 0.746. The summed E-state index contributed by atoms with van der Waals surface area (Å²) in [6.07, 6.45) is 2.83. The fourth-order valence-corrected chi connectivity index (χ4v) is 2.26. The van der Waals surface area contributed by atoms with Crippen LogP contribution < -0.4 is 5.32 Å². The van der Waals surface area contributed by atoms with Gasteiger partial charge < -0.3 is 9.80 Å². The normalized spacial score (nSPS) is 17.8. The van der Waals surface area contributed by atoms with E-state index in [4.69, 9.17) is 0 Å². The lowest BCUT2D eigenvalue weighted by atomic mass is 9.79. The Morgan fingerprint density at radius 2 is 1.62 bits per heavy atom. The number of hydrogen-bond donors (Lipinski definition) is 1. The molecule has 0 bridgehead atoms. The maximum atomic E-state index is 12.3. The molecule has 5 nitrogen and oxygen atoms in total. The van der Waals surface area contributed by atoms with Crippen LogP contribution in [0.1, 0.15) is 60.3 Å². The topological polar surface area (TPSA) is 52.7 Å². The number of nitrogens with one attached hydrogen (secondary N) is 1. The number of rotatable bonds is 5. The summed E-state index contributed by atoms with van der Waals surface area (Å²) in [5.41, 5.74) is 0.226. The van der Waals surface area contributed by atoms with Gasteiger partial charge in [0.05, 0.1) is 20.0 Å². The molecule has 1 N–H and O–H groups in total. The lowest BCUT2D eigenvalue weighted by molar-refractivity contribution is -0.144.